The number of ether oxygens (including phenoxy) is 1. The van der Waals surface area contributed by atoms with E-state index >= 15 is 0 Å². The number of amides is 1. The van der Waals surface area contributed by atoms with Crippen LogP contribution in [0.1, 0.15) is 45.7 Å². The van der Waals surface area contributed by atoms with E-state index in [1.165, 1.54) is 0 Å². The van der Waals surface area contributed by atoms with E-state index in [1.807, 2.05) is 122 Å². The molecule has 0 saturated heterocycles. The minimum Gasteiger partial charge on any atom is -0.505 e. The van der Waals surface area contributed by atoms with Crippen molar-refractivity contribution in [2.24, 2.45) is 0 Å². The number of nitrogens with one attached hydrogen (secondary N) is 1. The number of benzene rings is 5. The zero-order valence-electron chi connectivity index (χ0n) is 26.1. The second-order valence-electron chi connectivity index (χ2n) is 11.3. The van der Waals surface area contributed by atoms with Crippen LogP contribution in [0.4, 0.5) is 0 Å². The molecule has 7 nitrogen and oxygen atoms in total. The summed E-state index contributed by atoms with van der Waals surface area (Å²) in [5, 5.41) is 15.8. The SMILES string of the molecule is CCC(NC(=O)c1c(OC(=O)c2c(O)c(-c3ccccc3)nc3ccccc23)c(-c2ccccc2)nc2ccccc12)c1ccccc1. The molecule has 234 valence electrons. The maximum absolute atomic E-state index is 14.5. The molecule has 0 bridgehead atoms. The maximum Gasteiger partial charge on any atom is 0.348 e. The molecule has 7 aromatic rings. The monoisotopic (exact) mass is 629 g/mol. The van der Waals surface area contributed by atoms with Crippen LogP contribution in [0.2, 0.25) is 0 Å². The van der Waals surface area contributed by atoms with Crippen LogP contribution in [-0.4, -0.2) is 27.0 Å². The molecule has 7 heteroatoms. The average molecular weight is 630 g/mol. The van der Waals surface area contributed by atoms with E-state index in [2.05, 4.69) is 10.3 Å². The Hall–Kier alpha value is -6.34. The Morgan fingerprint density at radius 3 is 1.71 bits per heavy atom. The first-order chi connectivity index (χ1) is 23.5. The summed E-state index contributed by atoms with van der Waals surface area (Å²) in [6.45, 7) is 2.00. The summed E-state index contributed by atoms with van der Waals surface area (Å²) in [7, 11) is 0. The fraction of sp³-hybridized carbons (Fsp3) is 0.0732. The van der Waals surface area contributed by atoms with Crippen molar-refractivity contribution in [3.8, 4) is 34.0 Å². The Morgan fingerprint density at radius 1 is 0.646 bits per heavy atom. The molecule has 0 spiro atoms. The number of hydrogen-bond acceptors (Lipinski definition) is 6. The predicted octanol–water partition coefficient (Wildman–Crippen LogP) is 8.92. The van der Waals surface area contributed by atoms with Gasteiger partial charge < -0.3 is 15.2 Å². The topological polar surface area (TPSA) is 101 Å². The largest absolute Gasteiger partial charge is 0.505 e. The van der Waals surface area contributed by atoms with Gasteiger partial charge in [0.05, 0.1) is 22.6 Å². The number of nitrogens with zero attached hydrogens (tertiary/aromatic N) is 2. The Bertz CT molecular complexity index is 2270. The minimum atomic E-state index is -0.846. The number of para-hydroxylation sites is 2. The lowest BCUT2D eigenvalue weighted by molar-refractivity contribution is 0.0731. The molecule has 0 saturated carbocycles. The number of aromatic hydroxyl groups is 1. The second kappa shape index (κ2) is 13.2. The summed E-state index contributed by atoms with van der Waals surface area (Å²) in [5.41, 5.74) is 4.00. The van der Waals surface area contributed by atoms with Gasteiger partial charge in [0.2, 0.25) is 0 Å². The fourth-order valence-corrected chi connectivity index (χ4v) is 6.00. The molecule has 48 heavy (non-hydrogen) atoms. The lowest BCUT2D eigenvalue weighted by atomic mass is 9.99. The highest BCUT2D eigenvalue weighted by molar-refractivity contribution is 6.13. The molecule has 2 heterocycles. The average Bonchev–Trinajstić information content (AvgIpc) is 3.14. The second-order valence-corrected chi connectivity index (χ2v) is 11.3. The number of carbonyl (C=O) groups excluding carboxylic acids is 2. The molecule has 0 fully saturated rings. The van der Waals surface area contributed by atoms with E-state index in [4.69, 9.17) is 9.72 Å². The van der Waals surface area contributed by atoms with Crippen LogP contribution in [0.3, 0.4) is 0 Å². The molecule has 7 rings (SSSR count). The van der Waals surface area contributed by atoms with Crippen molar-refractivity contribution in [3.05, 3.63) is 156 Å². The molecule has 1 atom stereocenters. The molecule has 2 N–H and O–H groups in total. The van der Waals surface area contributed by atoms with Crippen LogP contribution in [0.15, 0.2) is 140 Å². The van der Waals surface area contributed by atoms with E-state index < -0.39 is 11.9 Å². The van der Waals surface area contributed by atoms with Crippen molar-refractivity contribution in [1.29, 1.82) is 0 Å². The Balaban J connectivity index is 1.43. The van der Waals surface area contributed by atoms with Gasteiger partial charge in [-0.1, -0.05) is 134 Å². The molecule has 2 aromatic heterocycles. The van der Waals surface area contributed by atoms with E-state index in [0.29, 0.717) is 45.0 Å². The summed E-state index contributed by atoms with van der Waals surface area (Å²) in [5.74, 6) is -1.59. The molecule has 1 amide bonds. The van der Waals surface area contributed by atoms with Crippen molar-refractivity contribution >= 4 is 33.7 Å². The zero-order valence-corrected chi connectivity index (χ0v) is 26.1. The summed E-state index contributed by atoms with van der Waals surface area (Å²) in [6.07, 6.45) is 0.637. The number of fused-ring (bicyclic) bond motifs is 2. The molecule has 0 aliphatic rings. The van der Waals surface area contributed by atoms with Crippen molar-refractivity contribution in [1.82, 2.24) is 15.3 Å². The first-order valence-corrected chi connectivity index (χ1v) is 15.8. The van der Waals surface area contributed by atoms with Gasteiger partial charge in [0.15, 0.2) is 11.5 Å². The summed E-state index contributed by atoms with van der Waals surface area (Å²) in [4.78, 5) is 38.5. The number of esters is 1. The zero-order chi connectivity index (χ0) is 33.0. The lowest BCUT2D eigenvalue weighted by Crippen LogP contribution is -2.29. The predicted molar refractivity (Wildman–Crippen MR) is 188 cm³/mol. The molecule has 0 aliphatic carbocycles. The third-order valence-corrected chi connectivity index (χ3v) is 8.35. The van der Waals surface area contributed by atoms with Gasteiger partial charge in [-0.15, -0.1) is 0 Å². The van der Waals surface area contributed by atoms with E-state index in [0.717, 1.165) is 5.56 Å². The van der Waals surface area contributed by atoms with Crippen LogP contribution in [0, 0.1) is 0 Å². The molecular weight excluding hydrogens is 598 g/mol. The minimum absolute atomic E-state index is 0.00753. The lowest BCUT2D eigenvalue weighted by Gasteiger charge is -2.21. The van der Waals surface area contributed by atoms with E-state index in [9.17, 15) is 14.7 Å². The van der Waals surface area contributed by atoms with Gasteiger partial charge in [0.1, 0.15) is 17.0 Å². The quantitative estimate of drug-likeness (QED) is 0.163. The highest BCUT2D eigenvalue weighted by Crippen LogP contribution is 2.40. The number of hydrogen-bond donors (Lipinski definition) is 2. The molecule has 0 aliphatic heterocycles. The van der Waals surface area contributed by atoms with Gasteiger partial charge in [-0.3, -0.25) is 4.79 Å². The van der Waals surface area contributed by atoms with Crippen LogP contribution in [0.5, 0.6) is 11.5 Å². The summed E-state index contributed by atoms with van der Waals surface area (Å²) in [6, 6.07) is 42.2. The van der Waals surface area contributed by atoms with Gasteiger partial charge in [0, 0.05) is 21.9 Å². The molecule has 0 radical (unpaired) electrons. The summed E-state index contributed by atoms with van der Waals surface area (Å²) >= 11 is 0. The maximum atomic E-state index is 14.5. The number of pyridine rings is 2. The van der Waals surface area contributed by atoms with Crippen LogP contribution in [-0.2, 0) is 0 Å². The molecule has 1 unspecified atom stereocenters. The Morgan fingerprint density at radius 2 is 1.12 bits per heavy atom. The fourth-order valence-electron chi connectivity index (χ4n) is 6.00. The first kappa shape index (κ1) is 30.3. The van der Waals surface area contributed by atoms with Crippen molar-refractivity contribution < 1.29 is 19.4 Å². The number of carbonyl (C=O) groups is 2. The van der Waals surface area contributed by atoms with Gasteiger partial charge in [-0.05, 0) is 24.1 Å². The molecular formula is C41H31N3O4. The number of rotatable bonds is 8. The van der Waals surface area contributed by atoms with Gasteiger partial charge in [-0.25, -0.2) is 14.8 Å². The normalized spacial score (nSPS) is 11.7. The smallest absolute Gasteiger partial charge is 0.348 e. The van der Waals surface area contributed by atoms with Crippen molar-refractivity contribution in [3.63, 3.8) is 0 Å². The first-order valence-electron chi connectivity index (χ1n) is 15.8. The van der Waals surface area contributed by atoms with Crippen LogP contribution < -0.4 is 10.1 Å². The van der Waals surface area contributed by atoms with Crippen LogP contribution in [0.25, 0.3) is 44.3 Å². The van der Waals surface area contributed by atoms with Crippen molar-refractivity contribution in [2.75, 3.05) is 0 Å². The summed E-state index contributed by atoms with van der Waals surface area (Å²) < 4.78 is 6.30. The molecule has 5 aromatic carbocycles. The van der Waals surface area contributed by atoms with Gasteiger partial charge in [-0.2, -0.15) is 0 Å². The van der Waals surface area contributed by atoms with Gasteiger partial charge >= 0.3 is 5.97 Å². The standard InChI is InChI=1S/C41H31N3O4/c1-2-31(26-16-6-3-7-17-26)44-40(46)35-30-23-13-15-25-33(30)43-37(28-20-10-5-11-21-28)39(35)48-41(47)34-29-22-12-14-24-32(29)42-36(38(34)45)27-18-8-4-9-19-27/h3-25,31,45H,2H2,1H3,(H,44,46). The Kier molecular flexibility index (Phi) is 8.33. The van der Waals surface area contributed by atoms with Crippen molar-refractivity contribution in [2.45, 2.75) is 19.4 Å². The van der Waals surface area contributed by atoms with E-state index in [1.54, 1.807) is 24.3 Å². The Labute approximate surface area is 277 Å². The third-order valence-electron chi connectivity index (χ3n) is 8.35. The number of aromatic nitrogens is 2. The van der Waals surface area contributed by atoms with Gasteiger partial charge in [0.25, 0.3) is 5.91 Å². The highest BCUT2D eigenvalue weighted by Gasteiger charge is 2.29. The third kappa shape index (κ3) is 5.74. The highest BCUT2D eigenvalue weighted by atomic mass is 16.5. The van der Waals surface area contributed by atoms with E-state index in [-0.39, 0.29) is 34.4 Å². The van der Waals surface area contributed by atoms with Crippen LogP contribution >= 0.6 is 0 Å².